The average molecular weight is 424 g/mol. The number of rotatable bonds is 5. The maximum atomic E-state index is 13.8. The maximum Gasteiger partial charge on any atom is 0.425 e. The SMILES string of the molecule is CC(Oc1ccc(C#N)cc1C(=O)N1Cc2cn(CC(C)(C)F)nc2C1)C(F)(F)F. The van der Waals surface area contributed by atoms with Gasteiger partial charge in [0.2, 0.25) is 0 Å². The van der Waals surface area contributed by atoms with Gasteiger partial charge in [-0.15, -0.1) is 0 Å². The summed E-state index contributed by atoms with van der Waals surface area (Å²) in [7, 11) is 0. The quantitative estimate of drug-likeness (QED) is 0.681. The van der Waals surface area contributed by atoms with Crippen LogP contribution in [0, 0.1) is 11.3 Å². The first-order chi connectivity index (χ1) is 13.9. The Morgan fingerprint density at radius 3 is 2.57 bits per heavy atom. The molecule has 0 saturated heterocycles. The summed E-state index contributed by atoms with van der Waals surface area (Å²) < 4.78 is 59.0. The Labute approximate surface area is 170 Å². The summed E-state index contributed by atoms with van der Waals surface area (Å²) in [5, 5.41) is 13.4. The van der Waals surface area contributed by atoms with E-state index in [9.17, 15) is 22.4 Å². The number of nitriles is 1. The normalized spacial score (nSPS) is 14.9. The Morgan fingerprint density at radius 1 is 1.30 bits per heavy atom. The van der Waals surface area contributed by atoms with Gasteiger partial charge < -0.3 is 9.64 Å². The van der Waals surface area contributed by atoms with Crippen LogP contribution in [0.25, 0.3) is 0 Å². The number of ether oxygens (including phenoxy) is 1. The van der Waals surface area contributed by atoms with Crippen LogP contribution in [-0.2, 0) is 19.6 Å². The largest absolute Gasteiger partial charge is 0.480 e. The fraction of sp³-hybridized carbons (Fsp3) is 0.450. The molecule has 1 atom stereocenters. The van der Waals surface area contributed by atoms with Crippen molar-refractivity contribution >= 4 is 5.91 Å². The highest BCUT2D eigenvalue weighted by atomic mass is 19.4. The van der Waals surface area contributed by atoms with Crippen molar-refractivity contribution in [2.24, 2.45) is 0 Å². The number of carbonyl (C=O) groups excluding carboxylic acids is 1. The molecule has 0 bridgehead atoms. The Morgan fingerprint density at radius 2 is 2.00 bits per heavy atom. The first-order valence-corrected chi connectivity index (χ1v) is 9.18. The molecular weight excluding hydrogens is 404 g/mol. The molecule has 0 fully saturated rings. The maximum absolute atomic E-state index is 13.8. The second-order valence-corrected chi connectivity index (χ2v) is 7.80. The molecule has 3 rings (SSSR count). The van der Waals surface area contributed by atoms with Crippen molar-refractivity contribution in [3.8, 4) is 11.8 Å². The molecule has 2 heterocycles. The van der Waals surface area contributed by atoms with Crippen LogP contribution >= 0.6 is 0 Å². The highest BCUT2D eigenvalue weighted by molar-refractivity contribution is 5.97. The van der Waals surface area contributed by atoms with Gasteiger partial charge in [0.15, 0.2) is 6.10 Å². The van der Waals surface area contributed by atoms with E-state index >= 15 is 0 Å². The van der Waals surface area contributed by atoms with Gasteiger partial charge in [0, 0.05) is 18.3 Å². The van der Waals surface area contributed by atoms with Crippen LogP contribution in [0.1, 0.15) is 48.0 Å². The van der Waals surface area contributed by atoms with Gasteiger partial charge in [-0.05, 0) is 39.0 Å². The van der Waals surface area contributed by atoms with Gasteiger partial charge >= 0.3 is 6.18 Å². The first-order valence-electron chi connectivity index (χ1n) is 9.18. The number of nitrogens with zero attached hydrogens (tertiary/aromatic N) is 4. The minimum atomic E-state index is -4.61. The molecule has 1 unspecified atom stereocenters. The Balaban J connectivity index is 1.82. The van der Waals surface area contributed by atoms with Crippen LogP contribution in [0.15, 0.2) is 24.4 Å². The first kappa shape index (κ1) is 21.6. The van der Waals surface area contributed by atoms with E-state index in [1.165, 1.54) is 41.6 Å². The number of benzene rings is 1. The average Bonchev–Trinajstić information content (AvgIpc) is 3.17. The lowest BCUT2D eigenvalue weighted by molar-refractivity contribution is -0.189. The molecular formula is C20H20F4N4O2. The Bertz CT molecular complexity index is 978. The van der Waals surface area contributed by atoms with Crippen molar-refractivity contribution in [2.45, 2.75) is 58.4 Å². The summed E-state index contributed by atoms with van der Waals surface area (Å²) in [6.45, 7) is 4.06. The second-order valence-electron chi connectivity index (χ2n) is 7.80. The van der Waals surface area contributed by atoms with E-state index in [2.05, 4.69) is 5.10 Å². The lowest BCUT2D eigenvalue weighted by Crippen LogP contribution is -2.32. The van der Waals surface area contributed by atoms with E-state index < -0.39 is 23.9 Å². The Kier molecular flexibility index (Phi) is 5.50. The van der Waals surface area contributed by atoms with Gasteiger partial charge in [0.1, 0.15) is 11.4 Å². The molecule has 1 aromatic carbocycles. The summed E-state index contributed by atoms with van der Waals surface area (Å²) >= 11 is 0. The van der Waals surface area contributed by atoms with Crippen LogP contribution < -0.4 is 4.74 Å². The highest BCUT2D eigenvalue weighted by Gasteiger charge is 2.39. The molecule has 0 aliphatic carbocycles. The summed E-state index contributed by atoms with van der Waals surface area (Å²) in [6.07, 6.45) is -5.08. The van der Waals surface area contributed by atoms with E-state index in [1.807, 2.05) is 6.07 Å². The van der Waals surface area contributed by atoms with Crippen LogP contribution in [0.3, 0.4) is 0 Å². The number of aromatic nitrogens is 2. The fourth-order valence-corrected chi connectivity index (χ4v) is 3.12. The zero-order valence-corrected chi connectivity index (χ0v) is 16.6. The number of fused-ring (bicyclic) bond motifs is 1. The third-order valence-corrected chi connectivity index (χ3v) is 4.56. The predicted octanol–water partition coefficient (Wildman–Crippen LogP) is 3.99. The topological polar surface area (TPSA) is 71.2 Å². The molecule has 0 spiro atoms. The standard InChI is InChI=1S/C20H20F4N4O2/c1-12(20(22,23)24)30-17-5-4-13(7-25)6-15(17)18(29)27-8-14-9-28(11-19(2,3)21)26-16(14)10-27/h4-6,9,12H,8,10-11H2,1-3H3. The van der Waals surface area contributed by atoms with Crippen molar-refractivity contribution in [3.63, 3.8) is 0 Å². The van der Waals surface area contributed by atoms with E-state index in [0.717, 1.165) is 12.5 Å². The predicted molar refractivity (Wildman–Crippen MR) is 98.3 cm³/mol. The van der Waals surface area contributed by atoms with Gasteiger partial charge in [-0.2, -0.15) is 23.5 Å². The number of hydrogen-bond donors (Lipinski definition) is 0. The molecule has 1 aromatic heterocycles. The molecule has 10 heteroatoms. The van der Waals surface area contributed by atoms with E-state index in [1.54, 1.807) is 6.20 Å². The second kappa shape index (κ2) is 7.63. The molecule has 0 radical (unpaired) electrons. The van der Waals surface area contributed by atoms with Crippen molar-refractivity contribution in [2.75, 3.05) is 0 Å². The smallest absolute Gasteiger partial charge is 0.425 e. The summed E-state index contributed by atoms with van der Waals surface area (Å²) in [4.78, 5) is 14.4. The molecule has 160 valence electrons. The molecule has 2 aromatic rings. The molecule has 1 aliphatic heterocycles. The van der Waals surface area contributed by atoms with Crippen LogP contribution in [-0.4, -0.2) is 38.5 Å². The van der Waals surface area contributed by atoms with Gasteiger partial charge in [-0.25, -0.2) is 4.39 Å². The lowest BCUT2D eigenvalue weighted by Gasteiger charge is -2.22. The van der Waals surface area contributed by atoms with Crippen LogP contribution in [0.2, 0.25) is 0 Å². The number of carbonyl (C=O) groups is 1. The molecule has 0 saturated carbocycles. The summed E-state index contributed by atoms with van der Waals surface area (Å²) in [5.41, 5.74) is -0.134. The number of hydrogen-bond acceptors (Lipinski definition) is 4. The van der Waals surface area contributed by atoms with E-state index in [-0.39, 0.29) is 36.5 Å². The van der Waals surface area contributed by atoms with Crippen molar-refractivity contribution in [1.29, 1.82) is 5.26 Å². The molecule has 1 aliphatic rings. The van der Waals surface area contributed by atoms with Crippen LogP contribution in [0.4, 0.5) is 17.6 Å². The monoisotopic (exact) mass is 424 g/mol. The molecule has 1 amide bonds. The third kappa shape index (κ3) is 4.72. The third-order valence-electron chi connectivity index (χ3n) is 4.56. The van der Waals surface area contributed by atoms with Gasteiger partial charge in [-0.1, -0.05) is 0 Å². The molecule has 30 heavy (non-hydrogen) atoms. The minimum Gasteiger partial charge on any atom is -0.480 e. The van der Waals surface area contributed by atoms with Gasteiger partial charge in [0.05, 0.1) is 36.0 Å². The lowest BCUT2D eigenvalue weighted by atomic mass is 10.1. The Hall–Kier alpha value is -3.09. The van der Waals surface area contributed by atoms with Crippen LogP contribution in [0.5, 0.6) is 5.75 Å². The fourth-order valence-electron chi connectivity index (χ4n) is 3.12. The molecule has 0 N–H and O–H groups in total. The summed E-state index contributed by atoms with van der Waals surface area (Å²) in [5.74, 6) is -0.829. The molecule has 6 nitrogen and oxygen atoms in total. The van der Waals surface area contributed by atoms with Gasteiger partial charge in [0.25, 0.3) is 5.91 Å². The van der Waals surface area contributed by atoms with Gasteiger partial charge in [-0.3, -0.25) is 9.48 Å². The van der Waals surface area contributed by atoms with E-state index in [0.29, 0.717) is 5.69 Å². The highest BCUT2D eigenvalue weighted by Crippen LogP contribution is 2.31. The number of halogens is 4. The van der Waals surface area contributed by atoms with E-state index in [4.69, 9.17) is 10.00 Å². The van der Waals surface area contributed by atoms with Crippen molar-refractivity contribution in [1.82, 2.24) is 14.7 Å². The number of alkyl halides is 4. The van der Waals surface area contributed by atoms with Crippen molar-refractivity contribution < 1.29 is 27.1 Å². The van der Waals surface area contributed by atoms with Crippen molar-refractivity contribution in [3.05, 3.63) is 46.8 Å². The minimum absolute atomic E-state index is 0.0610. The number of amides is 1. The zero-order chi connectivity index (χ0) is 22.3. The zero-order valence-electron chi connectivity index (χ0n) is 16.6. The summed E-state index contributed by atoms with van der Waals surface area (Å²) in [6, 6.07) is 5.55.